The maximum absolute atomic E-state index is 13.7. The summed E-state index contributed by atoms with van der Waals surface area (Å²) in [6.07, 6.45) is 3.54. The van der Waals surface area contributed by atoms with Gasteiger partial charge in [0.05, 0.1) is 29.5 Å². The van der Waals surface area contributed by atoms with Gasteiger partial charge in [-0.1, -0.05) is 18.2 Å². The van der Waals surface area contributed by atoms with Gasteiger partial charge in [-0.3, -0.25) is 9.36 Å². The van der Waals surface area contributed by atoms with Gasteiger partial charge in [-0.2, -0.15) is 10.2 Å². The normalized spacial score (nSPS) is 10.8. The molecular weight excluding hydrogens is 419 g/mol. The minimum atomic E-state index is -0.241. The van der Waals surface area contributed by atoms with Crippen LogP contribution in [-0.4, -0.2) is 36.6 Å². The molecule has 0 saturated carbocycles. The lowest BCUT2D eigenvalue weighted by Gasteiger charge is -2.20. The third-order valence-corrected chi connectivity index (χ3v) is 4.99. The molecule has 2 aromatic heterocycles. The van der Waals surface area contributed by atoms with Gasteiger partial charge in [-0.25, -0.2) is 4.39 Å². The number of rotatable bonds is 5. The Bertz CT molecular complexity index is 902. The molecule has 0 saturated heterocycles. The van der Waals surface area contributed by atoms with Gasteiger partial charge in [0.1, 0.15) is 5.82 Å². The van der Waals surface area contributed by atoms with Crippen LogP contribution < -0.4 is 5.32 Å². The zero-order valence-electron chi connectivity index (χ0n) is 14.4. The molecule has 2 heterocycles. The maximum Gasteiger partial charge on any atom is 0.174 e. The first kappa shape index (κ1) is 18.5. The molecule has 0 spiro atoms. The summed E-state index contributed by atoms with van der Waals surface area (Å²) in [5.74, 6) is 0.372. The highest BCUT2D eigenvalue weighted by molar-refractivity contribution is 9.10. The largest absolute Gasteiger partial charge is 0.346 e. The number of aromatic nitrogens is 4. The summed E-state index contributed by atoms with van der Waals surface area (Å²) < 4.78 is 18.1. The standard InChI is InChI=1S/C17H18BrFN6S/c1-23(11-15-13(18)9-20-24(15)2)17(26)21-16-7-8-25(22-16)10-12-5-3-4-6-14(12)19/h3-9H,10-11H2,1-2H3,(H,21,22,26). The molecular formula is C17H18BrFN6S. The van der Waals surface area contributed by atoms with Crippen molar-refractivity contribution in [3.05, 3.63) is 64.3 Å². The Hall–Kier alpha value is -2.26. The van der Waals surface area contributed by atoms with E-state index >= 15 is 0 Å². The van der Waals surface area contributed by atoms with E-state index in [1.54, 1.807) is 40.0 Å². The summed E-state index contributed by atoms with van der Waals surface area (Å²) in [4.78, 5) is 1.90. The van der Waals surface area contributed by atoms with E-state index in [1.807, 2.05) is 25.1 Å². The van der Waals surface area contributed by atoms with E-state index in [4.69, 9.17) is 12.2 Å². The topological polar surface area (TPSA) is 50.9 Å². The molecule has 0 aliphatic heterocycles. The number of nitrogens with one attached hydrogen (secondary N) is 1. The lowest BCUT2D eigenvalue weighted by Crippen LogP contribution is -2.31. The number of aryl methyl sites for hydroxylation is 1. The molecule has 3 rings (SSSR count). The number of halogens is 2. The van der Waals surface area contributed by atoms with Crippen molar-refractivity contribution in [2.75, 3.05) is 12.4 Å². The molecule has 1 aromatic carbocycles. The van der Waals surface area contributed by atoms with Gasteiger partial charge >= 0.3 is 0 Å². The van der Waals surface area contributed by atoms with Crippen molar-refractivity contribution in [2.24, 2.45) is 7.05 Å². The van der Waals surface area contributed by atoms with Crippen molar-refractivity contribution < 1.29 is 4.39 Å². The smallest absolute Gasteiger partial charge is 0.174 e. The highest BCUT2D eigenvalue weighted by Crippen LogP contribution is 2.17. The molecule has 0 fully saturated rings. The first-order chi connectivity index (χ1) is 12.4. The van der Waals surface area contributed by atoms with Gasteiger partial charge in [0.15, 0.2) is 10.9 Å². The number of hydrogen-bond acceptors (Lipinski definition) is 3. The SMILES string of the molecule is CN(Cc1c(Br)cnn1C)C(=S)Nc1ccn(Cc2ccccc2F)n1. The van der Waals surface area contributed by atoms with Crippen LogP contribution in [0, 0.1) is 5.82 Å². The van der Waals surface area contributed by atoms with Crippen molar-refractivity contribution in [3.8, 4) is 0 Å². The second-order valence-electron chi connectivity index (χ2n) is 5.84. The summed E-state index contributed by atoms with van der Waals surface area (Å²) in [5, 5.41) is 12.2. The fraction of sp³-hybridized carbons (Fsp3) is 0.235. The van der Waals surface area contributed by atoms with Crippen molar-refractivity contribution in [1.29, 1.82) is 0 Å². The van der Waals surface area contributed by atoms with E-state index < -0.39 is 0 Å². The minimum absolute atomic E-state index is 0.241. The molecule has 0 aliphatic carbocycles. The molecule has 0 radical (unpaired) electrons. The van der Waals surface area contributed by atoms with Crippen molar-refractivity contribution in [3.63, 3.8) is 0 Å². The van der Waals surface area contributed by atoms with Crippen LogP contribution in [0.3, 0.4) is 0 Å². The van der Waals surface area contributed by atoms with E-state index in [1.165, 1.54) is 6.07 Å². The van der Waals surface area contributed by atoms with Crippen LogP contribution >= 0.6 is 28.1 Å². The van der Waals surface area contributed by atoms with Crippen molar-refractivity contribution in [1.82, 2.24) is 24.5 Å². The summed E-state index contributed by atoms with van der Waals surface area (Å²) in [6, 6.07) is 8.47. The van der Waals surface area contributed by atoms with Gasteiger partial charge in [-0.05, 0) is 34.2 Å². The van der Waals surface area contributed by atoms with E-state index in [-0.39, 0.29) is 5.82 Å². The van der Waals surface area contributed by atoms with Crippen LogP contribution in [0.5, 0.6) is 0 Å². The van der Waals surface area contributed by atoms with Crippen LogP contribution in [0.4, 0.5) is 10.2 Å². The average Bonchev–Trinajstić information content (AvgIpc) is 3.18. The molecule has 9 heteroatoms. The summed E-state index contributed by atoms with van der Waals surface area (Å²) >= 11 is 8.92. The summed E-state index contributed by atoms with van der Waals surface area (Å²) in [6.45, 7) is 0.956. The van der Waals surface area contributed by atoms with Gasteiger partial charge in [0.2, 0.25) is 0 Å². The summed E-state index contributed by atoms with van der Waals surface area (Å²) in [7, 11) is 3.78. The van der Waals surface area contributed by atoms with E-state index in [0.717, 1.165) is 10.2 Å². The Morgan fingerprint density at radius 1 is 1.35 bits per heavy atom. The molecule has 1 N–H and O–H groups in total. The van der Waals surface area contributed by atoms with Crippen LogP contribution in [0.25, 0.3) is 0 Å². The fourth-order valence-corrected chi connectivity index (χ4v) is 3.08. The van der Waals surface area contributed by atoms with E-state index in [2.05, 4.69) is 31.4 Å². The van der Waals surface area contributed by atoms with E-state index in [0.29, 0.717) is 29.6 Å². The molecule has 0 bridgehead atoms. The lowest BCUT2D eigenvalue weighted by atomic mass is 10.2. The Morgan fingerprint density at radius 2 is 2.12 bits per heavy atom. The average molecular weight is 437 g/mol. The molecule has 0 atom stereocenters. The molecule has 0 unspecified atom stereocenters. The Kier molecular flexibility index (Phi) is 5.67. The molecule has 0 aliphatic rings. The number of nitrogens with zero attached hydrogens (tertiary/aromatic N) is 5. The molecule has 136 valence electrons. The Balaban J connectivity index is 1.61. The minimum Gasteiger partial charge on any atom is -0.346 e. The monoisotopic (exact) mass is 436 g/mol. The third-order valence-electron chi connectivity index (χ3n) is 3.91. The first-order valence-corrected chi connectivity index (χ1v) is 9.09. The van der Waals surface area contributed by atoms with Crippen LogP contribution in [0.2, 0.25) is 0 Å². The van der Waals surface area contributed by atoms with E-state index in [9.17, 15) is 4.39 Å². The number of thiocarbonyl (C=S) groups is 1. The Morgan fingerprint density at radius 3 is 2.81 bits per heavy atom. The Labute approximate surface area is 164 Å². The van der Waals surface area contributed by atoms with Crippen LogP contribution in [-0.2, 0) is 20.1 Å². The number of hydrogen-bond donors (Lipinski definition) is 1. The van der Waals surface area contributed by atoms with Gasteiger partial charge < -0.3 is 10.2 Å². The van der Waals surface area contributed by atoms with Gasteiger partial charge in [-0.15, -0.1) is 0 Å². The predicted octanol–water partition coefficient (Wildman–Crippen LogP) is 3.40. The highest BCUT2D eigenvalue weighted by Gasteiger charge is 2.12. The molecule has 26 heavy (non-hydrogen) atoms. The van der Waals surface area contributed by atoms with Crippen molar-refractivity contribution >= 4 is 39.1 Å². The molecule has 0 amide bonds. The van der Waals surface area contributed by atoms with Gasteiger partial charge in [0.25, 0.3) is 0 Å². The highest BCUT2D eigenvalue weighted by atomic mass is 79.9. The van der Waals surface area contributed by atoms with Crippen LogP contribution in [0.1, 0.15) is 11.3 Å². The summed E-state index contributed by atoms with van der Waals surface area (Å²) in [5.41, 5.74) is 1.60. The first-order valence-electron chi connectivity index (χ1n) is 7.89. The van der Waals surface area contributed by atoms with Gasteiger partial charge in [0, 0.05) is 31.9 Å². The van der Waals surface area contributed by atoms with Crippen LogP contribution in [0.15, 0.2) is 47.2 Å². The molecule has 6 nitrogen and oxygen atoms in total. The zero-order chi connectivity index (χ0) is 18.7. The molecule has 3 aromatic rings. The maximum atomic E-state index is 13.7. The fourth-order valence-electron chi connectivity index (χ4n) is 2.43. The number of benzene rings is 1. The lowest BCUT2D eigenvalue weighted by molar-refractivity contribution is 0.481. The number of anilines is 1. The predicted molar refractivity (Wildman–Crippen MR) is 106 cm³/mol. The second-order valence-corrected chi connectivity index (χ2v) is 7.08. The van der Waals surface area contributed by atoms with Crippen molar-refractivity contribution in [2.45, 2.75) is 13.1 Å². The second kappa shape index (κ2) is 7.96. The third kappa shape index (κ3) is 4.28. The quantitative estimate of drug-likeness (QED) is 0.621. The zero-order valence-corrected chi connectivity index (χ0v) is 16.8.